The van der Waals surface area contributed by atoms with Crippen molar-refractivity contribution in [2.45, 2.75) is 10.4 Å². The van der Waals surface area contributed by atoms with Gasteiger partial charge in [0.2, 0.25) is 5.91 Å². The minimum absolute atomic E-state index is 0.112. The summed E-state index contributed by atoms with van der Waals surface area (Å²) in [5, 5.41) is 1.72. The summed E-state index contributed by atoms with van der Waals surface area (Å²) < 4.78 is 2.07. The molecule has 2 aromatic heterocycles. The first-order valence-corrected chi connectivity index (χ1v) is 8.29. The second-order valence-electron chi connectivity index (χ2n) is 4.70. The Morgan fingerprint density at radius 2 is 2.05 bits per heavy atom. The van der Waals surface area contributed by atoms with Crippen molar-refractivity contribution < 1.29 is 4.79 Å². The third-order valence-corrected chi connectivity index (χ3v) is 5.44. The van der Waals surface area contributed by atoms with Crippen molar-refractivity contribution in [1.29, 1.82) is 0 Å². The van der Waals surface area contributed by atoms with E-state index in [2.05, 4.69) is 4.98 Å². The van der Waals surface area contributed by atoms with Gasteiger partial charge in [-0.2, -0.15) is 0 Å². The number of carbonyl (C=O) groups is 1. The van der Waals surface area contributed by atoms with Gasteiger partial charge in [0.25, 0.3) is 5.56 Å². The molecular weight excluding hydrogens is 318 g/mol. The molecule has 112 valence electrons. The number of amides is 1. The Morgan fingerprint density at radius 3 is 2.73 bits per heavy atom. The van der Waals surface area contributed by atoms with E-state index in [4.69, 9.17) is 5.73 Å². The number of thioether (sulfide) groups is 1. The lowest BCUT2D eigenvalue weighted by Crippen LogP contribution is -2.23. The molecule has 1 unspecified atom stereocenters. The van der Waals surface area contributed by atoms with Crippen LogP contribution in [0.15, 0.2) is 51.7 Å². The minimum atomic E-state index is -0.588. The molecule has 1 atom stereocenters. The van der Waals surface area contributed by atoms with Gasteiger partial charge in [-0.3, -0.25) is 14.2 Å². The maximum atomic E-state index is 12.3. The van der Waals surface area contributed by atoms with Crippen LogP contribution in [-0.2, 0) is 11.8 Å². The molecule has 0 aliphatic rings. The van der Waals surface area contributed by atoms with Crippen molar-refractivity contribution in [1.82, 2.24) is 9.55 Å². The van der Waals surface area contributed by atoms with Crippen molar-refractivity contribution in [3.63, 3.8) is 0 Å². The van der Waals surface area contributed by atoms with E-state index in [9.17, 15) is 9.59 Å². The molecule has 3 rings (SSSR count). The molecule has 1 amide bonds. The summed E-state index contributed by atoms with van der Waals surface area (Å²) in [5.41, 5.74) is 6.85. The molecule has 2 heterocycles. The number of rotatable bonds is 4. The highest BCUT2D eigenvalue weighted by molar-refractivity contribution is 8.00. The largest absolute Gasteiger partial charge is 0.368 e. The highest BCUT2D eigenvalue weighted by Crippen LogP contribution is 2.34. The zero-order chi connectivity index (χ0) is 15.7. The Kier molecular flexibility index (Phi) is 4.00. The van der Waals surface area contributed by atoms with Crippen LogP contribution in [0.4, 0.5) is 0 Å². The zero-order valence-electron chi connectivity index (χ0n) is 11.7. The summed E-state index contributed by atoms with van der Waals surface area (Å²) in [5.74, 6) is -0.462. The van der Waals surface area contributed by atoms with Crippen molar-refractivity contribution >= 4 is 39.2 Å². The van der Waals surface area contributed by atoms with Gasteiger partial charge < -0.3 is 5.73 Å². The predicted octanol–water partition coefficient (Wildman–Crippen LogP) is 2.31. The van der Waals surface area contributed by atoms with Crippen LogP contribution < -0.4 is 11.3 Å². The second-order valence-corrected chi connectivity index (χ2v) is 6.69. The molecule has 5 nitrogen and oxygen atoms in total. The van der Waals surface area contributed by atoms with Crippen LogP contribution in [0.25, 0.3) is 10.2 Å². The summed E-state index contributed by atoms with van der Waals surface area (Å²) in [4.78, 5) is 28.6. The van der Waals surface area contributed by atoms with Gasteiger partial charge in [0.1, 0.15) is 9.95 Å². The van der Waals surface area contributed by atoms with E-state index < -0.39 is 11.2 Å². The van der Waals surface area contributed by atoms with Crippen LogP contribution >= 0.6 is 23.1 Å². The molecule has 0 bridgehead atoms. The van der Waals surface area contributed by atoms with E-state index in [1.165, 1.54) is 27.7 Å². The average Bonchev–Trinajstić information content (AvgIpc) is 2.98. The van der Waals surface area contributed by atoms with Crippen LogP contribution in [0.2, 0.25) is 0 Å². The third kappa shape index (κ3) is 2.65. The van der Waals surface area contributed by atoms with Gasteiger partial charge >= 0.3 is 0 Å². The molecule has 0 fully saturated rings. The van der Waals surface area contributed by atoms with Gasteiger partial charge in [-0.25, -0.2) is 4.98 Å². The third-order valence-electron chi connectivity index (χ3n) is 3.23. The molecule has 7 heteroatoms. The molecule has 0 radical (unpaired) electrons. The Hall–Kier alpha value is -2.12. The van der Waals surface area contributed by atoms with Gasteiger partial charge in [-0.15, -0.1) is 11.3 Å². The average molecular weight is 331 g/mol. The molecule has 1 aromatic carbocycles. The number of fused-ring (bicyclic) bond motifs is 1. The smallest absolute Gasteiger partial charge is 0.271 e. The highest BCUT2D eigenvalue weighted by atomic mass is 32.2. The molecule has 0 saturated heterocycles. The quantitative estimate of drug-likeness (QED) is 0.588. The Labute approximate surface area is 134 Å². The van der Waals surface area contributed by atoms with Gasteiger partial charge in [0.05, 0.1) is 5.52 Å². The zero-order valence-corrected chi connectivity index (χ0v) is 13.4. The van der Waals surface area contributed by atoms with Crippen LogP contribution in [0.1, 0.15) is 10.8 Å². The number of hydrogen-bond donors (Lipinski definition) is 1. The molecule has 0 spiro atoms. The number of primary amides is 1. The molecule has 3 aromatic rings. The molecule has 0 aliphatic carbocycles. The van der Waals surface area contributed by atoms with Crippen molar-refractivity contribution in [2.24, 2.45) is 12.8 Å². The van der Waals surface area contributed by atoms with Gasteiger partial charge in [-0.1, -0.05) is 42.1 Å². The Morgan fingerprint density at radius 1 is 1.32 bits per heavy atom. The van der Waals surface area contributed by atoms with E-state index in [-0.39, 0.29) is 5.56 Å². The normalized spacial score (nSPS) is 12.4. The summed E-state index contributed by atoms with van der Waals surface area (Å²) >= 11 is 2.55. The van der Waals surface area contributed by atoms with Crippen molar-refractivity contribution in [2.75, 3.05) is 0 Å². The summed E-state index contributed by atoms with van der Waals surface area (Å²) in [6.45, 7) is 0. The number of aromatic nitrogens is 2. The molecule has 2 N–H and O–H groups in total. The van der Waals surface area contributed by atoms with E-state index >= 15 is 0 Å². The van der Waals surface area contributed by atoms with Crippen molar-refractivity contribution in [3.05, 3.63) is 57.7 Å². The topological polar surface area (TPSA) is 78.0 Å². The van der Waals surface area contributed by atoms with Crippen LogP contribution in [0, 0.1) is 0 Å². The Balaban J connectivity index is 2.05. The van der Waals surface area contributed by atoms with Crippen LogP contribution in [0.5, 0.6) is 0 Å². The van der Waals surface area contributed by atoms with E-state index in [1.807, 2.05) is 35.7 Å². The van der Waals surface area contributed by atoms with Gasteiger partial charge in [0.15, 0.2) is 5.16 Å². The first-order valence-electron chi connectivity index (χ1n) is 6.53. The lowest BCUT2D eigenvalue weighted by molar-refractivity contribution is -0.117. The van der Waals surface area contributed by atoms with Crippen LogP contribution in [-0.4, -0.2) is 15.5 Å². The van der Waals surface area contributed by atoms with Gasteiger partial charge in [0, 0.05) is 7.05 Å². The molecule has 22 heavy (non-hydrogen) atoms. The number of hydrogen-bond acceptors (Lipinski definition) is 5. The lowest BCUT2D eigenvalue weighted by Gasteiger charge is -2.14. The molecule has 0 saturated carbocycles. The monoisotopic (exact) mass is 331 g/mol. The fourth-order valence-electron chi connectivity index (χ4n) is 2.10. The maximum absolute atomic E-state index is 12.3. The second kappa shape index (κ2) is 5.94. The fourth-order valence-corrected chi connectivity index (χ4v) is 3.91. The van der Waals surface area contributed by atoms with E-state index in [0.717, 1.165) is 5.56 Å². The molecular formula is C15H13N3O2S2. The lowest BCUT2D eigenvalue weighted by atomic mass is 10.1. The Bertz CT molecular complexity index is 887. The highest BCUT2D eigenvalue weighted by Gasteiger charge is 2.22. The molecule has 0 aliphatic heterocycles. The minimum Gasteiger partial charge on any atom is -0.368 e. The van der Waals surface area contributed by atoms with Gasteiger partial charge in [-0.05, 0) is 17.0 Å². The number of carbonyl (C=O) groups excluding carboxylic acids is 1. The standard InChI is InChI=1S/C15H13N3O2S2/c1-18-14(20)12-10(7-8-21-12)17-15(18)22-11(13(16)19)9-5-3-2-4-6-9/h2-8,11H,1H3,(H2,16,19). The number of nitrogens with zero attached hydrogens (tertiary/aromatic N) is 2. The number of thiophene rings is 1. The summed E-state index contributed by atoms with van der Waals surface area (Å²) in [7, 11) is 1.65. The summed E-state index contributed by atoms with van der Waals surface area (Å²) in [6, 6.07) is 11.0. The first kappa shape index (κ1) is 14.8. The first-order chi connectivity index (χ1) is 10.6. The number of nitrogens with two attached hydrogens (primary N) is 1. The van der Waals surface area contributed by atoms with E-state index in [1.54, 1.807) is 13.1 Å². The SMILES string of the molecule is Cn1c(SC(C(N)=O)c2ccccc2)nc2ccsc2c1=O. The summed E-state index contributed by atoms with van der Waals surface area (Å²) in [6.07, 6.45) is 0. The van der Waals surface area contributed by atoms with Crippen LogP contribution in [0.3, 0.4) is 0 Å². The predicted molar refractivity (Wildman–Crippen MR) is 89.1 cm³/mol. The maximum Gasteiger partial charge on any atom is 0.271 e. The fraction of sp³-hybridized carbons (Fsp3) is 0.133. The van der Waals surface area contributed by atoms with E-state index in [0.29, 0.717) is 15.4 Å². The van der Waals surface area contributed by atoms with Crippen molar-refractivity contribution in [3.8, 4) is 0 Å². The number of benzene rings is 1.